The van der Waals surface area contributed by atoms with Gasteiger partial charge in [0.25, 0.3) is 0 Å². The SMILES string of the molecule is CCc1nn(C)cc1C(O)c1cc2cc(Cl)ccc2o1. The van der Waals surface area contributed by atoms with Crippen LogP contribution in [0.5, 0.6) is 0 Å². The van der Waals surface area contributed by atoms with Gasteiger partial charge in [0.2, 0.25) is 0 Å². The number of hydrogen-bond acceptors (Lipinski definition) is 3. The summed E-state index contributed by atoms with van der Waals surface area (Å²) in [5, 5.41) is 16.4. The van der Waals surface area contributed by atoms with Crippen LogP contribution in [-0.2, 0) is 13.5 Å². The number of rotatable bonds is 3. The maximum atomic E-state index is 10.5. The lowest BCUT2D eigenvalue weighted by Gasteiger charge is -2.06. The quantitative estimate of drug-likeness (QED) is 0.803. The highest BCUT2D eigenvalue weighted by molar-refractivity contribution is 6.31. The van der Waals surface area contributed by atoms with Gasteiger partial charge in [-0.2, -0.15) is 5.10 Å². The van der Waals surface area contributed by atoms with Crippen LogP contribution in [0.15, 0.2) is 34.9 Å². The summed E-state index contributed by atoms with van der Waals surface area (Å²) < 4.78 is 7.41. The number of fused-ring (bicyclic) bond motifs is 1. The molecule has 0 aliphatic rings. The lowest BCUT2D eigenvalue weighted by molar-refractivity contribution is 0.191. The van der Waals surface area contributed by atoms with E-state index < -0.39 is 6.10 Å². The molecule has 0 fully saturated rings. The van der Waals surface area contributed by atoms with Gasteiger partial charge >= 0.3 is 0 Å². The van der Waals surface area contributed by atoms with Crippen molar-refractivity contribution in [1.29, 1.82) is 0 Å². The number of aryl methyl sites for hydroxylation is 2. The van der Waals surface area contributed by atoms with Crippen LogP contribution in [0.2, 0.25) is 5.02 Å². The van der Waals surface area contributed by atoms with Gasteiger partial charge in [-0.25, -0.2) is 0 Å². The molecule has 0 radical (unpaired) electrons. The molecule has 1 aromatic carbocycles. The molecule has 3 rings (SSSR count). The summed E-state index contributed by atoms with van der Waals surface area (Å²) in [5.41, 5.74) is 2.36. The van der Waals surface area contributed by atoms with E-state index in [1.807, 2.05) is 32.3 Å². The summed E-state index contributed by atoms with van der Waals surface area (Å²) in [7, 11) is 1.84. The standard InChI is InChI=1S/C15H15ClN2O2/c1-3-12-11(8-18(2)17-12)15(19)14-7-9-6-10(16)4-5-13(9)20-14/h4-8,15,19H,3H2,1-2H3. The van der Waals surface area contributed by atoms with Crippen LogP contribution < -0.4 is 0 Å². The number of halogens is 1. The summed E-state index contributed by atoms with van der Waals surface area (Å²) in [5.74, 6) is 0.505. The number of aliphatic hydroxyl groups excluding tert-OH is 1. The molecule has 1 unspecified atom stereocenters. The van der Waals surface area contributed by atoms with E-state index in [2.05, 4.69) is 5.10 Å². The Balaban J connectivity index is 2.05. The van der Waals surface area contributed by atoms with Gasteiger partial charge in [-0.15, -0.1) is 0 Å². The largest absolute Gasteiger partial charge is 0.458 e. The highest BCUT2D eigenvalue weighted by atomic mass is 35.5. The molecule has 0 aliphatic heterocycles. The van der Waals surface area contributed by atoms with Gasteiger partial charge in [-0.1, -0.05) is 18.5 Å². The second-order valence-corrected chi connectivity index (χ2v) is 5.23. The zero-order valence-corrected chi connectivity index (χ0v) is 12.1. The lowest BCUT2D eigenvalue weighted by Crippen LogP contribution is -2.00. The van der Waals surface area contributed by atoms with Crippen molar-refractivity contribution < 1.29 is 9.52 Å². The van der Waals surface area contributed by atoms with Crippen molar-refractivity contribution in [3.8, 4) is 0 Å². The molecule has 0 amide bonds. The van der Waals surface area contributed by atoms with E-state index in [1.165, 1.54) is 0 Å². The van der Waals surface area contributed by atoms with Crippen molar-refractivity contribution in [3.05, 3.63) is 52.5 Å². The van der Waals surface area contributed by atoms with Gasteiger partial charge < -0.3 is 9.52 Å². The Bertz CT molecular complexity index is 760. The first-order valence-electron chi connectivity index (χ1n) is 6.48. The molecular weight excluding hydrogens is 276 g/mol. The number of aliphatic hydroxyl groups is 1. The van der Waals surface area contributed by atoms with Crippen molar-refractivity contribution in [2.45, 2.75) is 19.4 Å². The van der Waals surface area contributed by atoms with Gasteiger partial charge in [0.15, 0.2) is 0 Å². The zero-order chi connectivity index (χ0) is 14.3. The predicted molar refractivity (Wildman–Crippen MR) is 77.9 cm³/mol. The van der Waals surface area contributed by atoms with Crippen molar-refractivity contribution in [2.24, 2.45) is 7.05 Å². The molecule has 0 spiro atoms. The van der Waals surface area contributed by atoms with E-state index in [-0.39, 0.29) is 0 Å². The minimum atomic E-state index is -0.815. The van der Waals surface area contributed by atoms with Crippen LogP contribution >= 0.6 is 11.6 Å². The molecule has 2 heterocycles. The topological polar surface area (TPSA) is 51.2 Å². The fourth-order valence-electron chi connectivity index (χ4n) is 2.38. The van der Waals surface area contributed by atoms with Gasteiger partial charge in [0.05, 0.1) is 5.69 Å². The molecule has 20 heavy (non-hydrogen) atoms. The van der Waals surface area contributed by atoms with E-state index in [9.17, 15) is 5.11 Å². The average molecular weight is 291 g/mol. The monoisotopic (exact) mass is 290 g/mol. The number of furan rings is 1. The third-order valence-electron chi connectivity index (χ3n) is 3.33. The van der Waals surface area contributed by atoms with E-state index in [0.29, 0.717) is 16.4 Å². The smallest absolute Gasteiger partial charge is 0.140 e. The van der Waals surface area contributed by atoms with Crippen LogP contribution in [0.4, 0.5) is 0 Å². The van der Waals surface area contributed by atoms with Gasteiger partial charge in [-0.3, -0.25) is 4.68 Å². The molecule has 4 nitrogen and oxygen atoms in total. The summed E-state index contributed by atoms with van der Waals surface area (Å²) in [6.45, 7) is 2.01. The normalized spacial score (nSPS) is 13.0. The van der Waals surface area contributed by atoms with Crippen molar-refractivity contribution in [2.75, 3.05) is 0 Å². The first kappa shape index (κ1) is 13.2. The van der Waals surface area contributed by atoms with E-state index in [1.54, 1.807) is 16.8 Å². The van der Waals surface area contributed by atoms with Gasteiger partial charge in [0.1, 0.15) is 17.4 Å². The molecule has 1 N–H and O–H groups in total. The highest BCUT2D eigenvalue weighted by Gasteiger charge is 2.20. The summed E-state index contributed by atoms with van der Waals surface area (Å²) in [6.07, 6.45) is 1.77. The summed E-state index contributed by atoms with van der Waals surface area (Å²) in [4.78, 5) is 0. The molecule has 2 aromatic heterocycles. The van der Waals surface area contributed by atoms with Crippen molar-refractivity contribution in [1.82, 2.24) is 9.78 Å². The predicted octanol–water partition coefficient (Wildman–Crippen LogP) is 3.46. The highest BCUT2D eigenvalue weighted by Crippen LogP contribution is 2.30. The Morgan fingerprint density at radius 3 is 2.95 bits per heavy atom. The molecule has 0 aliphatic carbocycles. The molecule has 5 heteroatoms. The molecule has 0 bridgehead atoms. The molecule has 0 saturated carbocycles. The first-order chi connectivity index (χ1) is 9.58. The number of hydrogen-bond donors (Lipinski definition) is 1. The van der Waals surface area contributed by atoms with Gasteiger partial charge in [-0.05, 0) is 30.7 Å². The Morgan fingerprint density at radius 2 is 2.20 bits per heavy atom. The van der Waals surface area contributed by atoms with Crippen molar-refractivity contribution in [3.63, 3.8) is 0 Å². The third kappa shape index (κ3) is 2.21. The number of benzene rings is 1. The van der Waals surface area contributed by atoms with Crippen molar-refractivity contribution >= 4 is 22.6 Å². The molecular formula is C15H15ClN2O2. The molecule has 104 valence electrons. The Hall–Kier alpha value is -1.78. The van der Waals surface area contributed by atoms with E-state index in [0.717, 1.165) is 23.1 Å². The van der Waals surface area contributed by atoms with Crippen LogP contribution in [0, 0.1) is 0 Å². The first-order valence-corrected chi connectivity index (χ1v) is 6.85. The fourth-order valence-corrected chi connectivity index (χ4v) is 2.56. The Labute approximate surface area is 121 Å². The lowest BCUT2D eigenvalue weighted by atomic mass is 10.1. The fraction of sp³-hybridized carbons (Fsp3) is 0.267. The van der Waals surface area contributed by atoms with Gasteiger partial charge in [0, 0.05) is 29.2 Å². The number of aromatic nitrogens is 2. The van der Waals surface area contributed by atoms with Crippen LogP contribution in [0.25, 0.3) is 11.0 Å². The summed E-state index contributed by atoms with van der Waals surface area (Å²) in [6, 6.07) is 7.21. The van der Waals surface area contributed by atoms with E-state index >= 15 is 0 Å². The maximum Gasteiger partial charge on any atom is 0.140 e. The molecule has 1 atom stereocenters. The Morgan fingerprint density at radius 1 is 1.40 bits per heavy atom. The second-order valence-electron chi connectivity index (χ2n) is 4.79. The molecule has 3 aromatic rings. The maximum absolute atomic E-state index is 10.5. The minimum absolute atomic E-state index is 0.505. The van der Waals surface area contributed by atoms with Crippen LogP contribution in [-0.4, -0.2) is 14.9 Å². The zero-order valence-electron chi connectivity index (χ0n) is 11.3. The minimum Gasteiger partial charge on any atom is -0.458 e. The second kappa shape index (κ2) is 4.96. The van der Waals surface area contributed by atoms with E-state index in [4.69, 9.17) is 16.0 Å². The number of nitrogens with zero attached hydrogens (tertiary/aromatic N) is 2. The third-order valence-corrected chi connectivity index (χ3v) is 3.57. The summed E-state index contributed by atoms with van der Waals surface area (Å²) >= 11 is 5.96. The Kier molecular flexibility index (Phi) is 3.28. The molecule has 0 saturated heterocycles. The van der Waals surface area contributed by atoms with Crippen LogP contribution in [0.1, 0.15) is 30.0 Å². The van der Waals surface area contributed by atoms with Crippen LogP contribution in [0.3, 0.4) is 0 Å². The average Bonchev–Trinajstić information content (AvgIpc) is 3.00.